The molecule has 0 radical (unpaired) electrons. The molecule has 7 nitrogen and oxygen atoms in total. The molecule has 1 aliphatic rings. The topological polar surface area (TPSA) is 92.4 Å². The molecule has 1 N–H and O–H groups in total. The molecule has 0 amide bonds. The highest BCUT2D eigenvalue weighted by Crippen LogP contribution is 2.22. The minimum atomic E-state index is -4.02. The summed E-state index contributed by atoms with van der Waals surface area (Å²) in [5.74, 6) is -0.424. The number of halogens is 1. The normalized spacial score (nSPS) is 17.2. The number of sulfonamides is 1. The zero-order chi connectivity index (χ0) is 20.4. The van der Waals surface area contributed by atoms with Crippen LogP contribution in [0, 0.1) is 5.82 Å². The van der Waals surface area contributed by atoms with Gasteiger partial charge in [-0.1, -0.05) is 18.2 Å². The number of para-hydroxylation sites is 1. The summed E-state index contributed by atoms with van der Waals surface area (Å²) >= 11 is 0. The number of benzene rings is 2. The molecule has 1 atom stereocenters. The Balaban J connectivity index is 1.72. The number of aromatic nitrogens is 2. The van der Waals surface area contributed by atoms with Crippen LogP contribution >= 0.6 is 0 Å². The average molecular weight is 417 g/mol. The van der Waals surface area contributed by atoms with Gasteiger partial charge < -0.3 is 9.72 Å². The van der Waals surface area contributed by atoms with E-state index in [-0.39, 0.29) is 35.5 Å². The summed E-state index contributed by atoms with van der Waals surface area (Å²) in [6, 6.07) is 11.7. The molecular formula is C20H20FN3O4S. The molecule has 4 rings (SSSR count). The zero-order valence-electron chi connectivity index (χ0n) is 15.5. The highest BCUT2D eigenvalue weighted by molar-refractivity contribution is 7.89. The van der Waals surface area contributed by atoms with Crippen LogP contribution in [0.4, 0.5) is 4.39 Å². The van der Waals surface area contributed by atoms with Gasteiger partial charge in [0.15, 0.2) is 0 Å². The fourth-order valence-electron chi connectivity index (χ4n) is 3.42. The van der Waals surface area contributed by atoms with Gasteiger partial charge in [0.1, 0.15) is 11.6 Å². The Kier molecular flexibility index (Phi) is 5.44. The van der Waals surface area contributed by atoms with Crippen molar-refractivity contribution < 1.29 is 17.5 Å². The van der Waals surface area contributed by atoms with E-state index in [2.05, 4.69) is 9.97 Å². The molecule has 1 aromatic heterocycles. The molecule has 0 spiro atoms. The lowest BCUT2D eigenvalue weighted by atomic mass is 10.2. The quantitative estimate of drug-likeness (QED) is 0.665. The average Bonchev–Trinajstić information content (AvgIpc) is 3.21. The molecule has 1 fully saturated rings. The lowest BCUT2D eigenvalue weighted by molar-refractivity contribution is 0.0921. The van der Waals surface area contributed by atoms with Crippen LogP contribution in [-0.4, -0.2) is 41.9 Å². The molecule has 3 aromatic rings. The number of hydrogen-bond donors (Lipinski definition) is 1. The molecule has 2 aromatic carbocycles. The van der Waals surface area contributed by atoms with E-state index in [1.165, 1.54) is 22.5 Å². The minimum Gasteiger partial charge on any atom is -0.377 e. The molecule has 1 saturated heterocycles. The highest BCUT2D eigenvalue weighted by Gasteiger charge is 2.30. The van der Waals surface area contributed by atoms with Gasteiger partial charge in [0.25, 0.3) is 5.56 Å². The molecule has 9 heteroatoms. The van der Waals surface area contributed by atoms with Crippen molar-refractivity contribution in [3.8, 4) is 0 Å². The lowest BCUT2D eigenvalue weighted by Gasteiger charge is -2.24. The summed E-state index contributed by atoms with van der Waals surface area (Å²) in [5.41, 5.74) is 0.136. The van der Waals surface area contributed by atoms with Gasteiger partial charge >= 0.3 is 0 Å². The van der Waals surface area contributed by atoms with E-state index >= 15 is 0 Å². The fraction of sp³-hybridized carbons (Fsp3) is 0.300. The van der Waals surface area contributed by atoms with Crippen molar-refractivity contribution in [3.05, 3.63) is 70.5 Å². The predicted molar refractivity (Wildman–Crippen MR) is 105 cm³/mol. The van der Waals surface area contributed by atoms with Gasteiger partial charge in [0, 0.05) is 13.2 Å². The molecule has 29 heavy (non-hydrogen) atoms. The predicted octanol–water partition coefficient (Wildman–Crippen LogP) is 2.43. The van der Waals surface area contributed by atoms with Gasteiger partial charge in [0.05, 0.1) is 28.4 Å². The number of aromatic amines is 1. The molecule has 0 aliphatic carbocycles. The smallest absolute Gasteiger partial charge is 0.258 e. The van der Waals surface area contributed by atoms with Crippen LogP contribution in [0.1, 0.15) is 18.7 Å². The first-order valence-corrected chi connectivity index (χ1v) is 10.7. The second-order valence-electron chi connectivity index (χ2n) is 6.92. The molecule has 0 saturated carbocycles. The fourth-order valence-corrected chi connectivity index (χ4v) is 4.88. The third-order valence-corrected chi connectivity index (χ3v) is 6.66. The van der Waals surface area contributed by atoms with Crippen LogP contribution in [0.25, 0.3) is 10.9 Å². The summed E-state index contributed by atoms with van der Waals surface area (Å²) in [4.78, 5) is 19.2. The van der Waals surface area contributed by atoms with Crippen molar-refractivity contribution in [1.29, 1.82) is 0 Å². The van der Waals surface area contributed by atoms with Crippen molar-refractivity contribution >= 4 is 20.9 Å². The first-order chi connectivity index (χ1) is 13.9. The third kappa shape index (κ3) is 4.21. The van der Waals surface area contributed by atoms with Gasteiger partial charge in [-0.25, -0.2) is 17.8 Å². The standard InChI is InChI=1S/C20H20FN3O4S/c21-14-5-3-7-16(11-14)29(26,27)24(12-15-6-4-10-28-15)13-19-22-18-9-2-1-8-17(18)20(25)23-19/h1-3,5,7-9,11,15H,4,6,10,12-13H2,(H,22,23,25). The van der Waals surface area contributed by atoms with Gasteiger partial charge in [-0.05, 0) is 43.2 Å². The van der Waals surface area contributed by atoms with Gasteiger partial charge in [-0.2, -0.15) is 4.31 Å². The Labute approximate surface area is 167 Å². The first-order valence-electron chi connectivity index (χ1n) is 9.29. The van der Waals surface area contributed by atoms with E-state index in [4.69, 9.17) is 4.74 Å². The summed E-state index contributed by atoms with van der Waals surface area (Å²) in [7, 11) is -4.02. The van der Waals surface area contributed by atoms with Crippen LogP contribution in [0.15, 0.2) is 58.2 Å². The van der Waals surface area contributed by atoms with Crippen LogP contribution in [0.3, 0.4) is 0 Å². The Bertz CT molecular complexity index is 1190. The van der Waals surface area contributed by atoms with Crippen molar-refractivity contribution in [2.24, 2.45) is 0 Å². The summed E-state index contributed by atoms with van der Waals surface area (Å²) in [5, 5.41) is 0.426. The number of rotatable bonds is 6. The number of H-pyrrole nitrogens is 1. The van der Waals surface area contributed by atoms with E-state index in [9.17, 15) is 17.6 Å². The highest BCUT2D eigenvalue weighted by atomic mass is 32.2. The summed E-state index contributed by atoms with van der Waals surface area (Å²) in [6.07, 6.45) is 1.32. The Hall–Kier alpha value is -2.62. The third-order valence-electron chi connectivity index (χ3n) is 4.85. The maximum Gasteiger partial charge on any atom is 0.258 e. The number of nitrogens with zero attached hydrogens (tertiary/aromatic N) is 2. The Morgan fingerprint density at radius 3 is 2.79 bits per heavy atom. The van der Waals surface area contributed by atoms with Gasteiger partial charge in [-0.3, -0.25) is 4.79 Å². The second kappa shape index (κ2) is 8.02. The van der Waals surface area contributed by atoms with Crippen LogP contribution in [-0.2, 0) is 21.3 Å². The second-order valence-corrected chi connectivity index (χ2v) is 8.86. The molecule has 1 aliphatic heterocycles. The molecule has 152 valence electrons. The molecule has 2 heterocycles. The van der Waals surface area contributed by atoms with E-state index in [0.29, 0.717) is 17.5 Å². The Morgan fingerprint density at radius 1 is 1.21 bits per heavy atom. The van der Waals surface area contributed by atoms with Crippen molar-refractivity contribution in [3.63, 3.8) is 0 Å². The maximum absolute atomic E-state index is 13.7. The summed E-state index contributed by atoms with van der Waals surface area (Å²) in [6.45, 7) is 0.512. The SMILES string of the molecule is O=c1[nH]c(CN(CC2CCCO2)S(=O)(=O)c2cccc(F)c2)nc2ccccc12. The van der Waals surface area contributed by atoms with E-state index in [1.54, 1.807) is 24.3 Å². The maximum atomic E-state index is 13.7. The van der Waals surface area contributed by atoms with Crippen molar-refractivity contribution in [2.75, 3.05) is 13.2 Å². The number of ether oxygens (including phenoxy) is 1. The van der Waals surface area contributed by atoms with Gasteiger partial charge in [0.2, 0.25) is 10.0 Å². The van der Waals surface area contributed by atoms with Gasteiger partial charge in [-0.15, -0.1) is 0 Å². The number of fused-ring (bicyclic) bond motifs is 1. The van der Waals surface area contributed by atoms with E-state index < -0.39 is 15.8 Å². The van der Waals surface area contributed by atoms with Crippen molar-refractivity contribution in [2.45, 2.75) is 30.4 Å². The number of nitrogens with one attached hydrogen (secondary N) is 1. The monoisotopic (exact) mass is 417 g/mol. The van der Waals surface area contributed by atoms with Crippen LogP contribution in [0.5, 0.6) is 0 Å². The zero-order valence-corrected chi connectivity index (χ0v) is 16.4. The molecule has 0 bridgehead atoms. The van der Waals surface area contributed by atoms with Crippen LogP contribution in [0.2, 0.25) is 0 Å². The number of hydrogen-bond acceptors (Lipinski definition) is 5. The van der Waals surface area contributed by atoms with E-state index in [1.807, 2.05) is 0 Å². The lowest BCUT2D eigenvalue weighted by Crippen LogP contribution is -2.37. The largest absolute Gasteiger partial charge is 0.377 e. The minimum absolute atomic E-state index is 0.0926. The first kappa shape index (κ1) is 19.7. The summed E-state index contributed by atoms with van der Waals surface area (Å²) < 4.78 is 46.9. The Morgan fingerprint density at radius 2 is 2.03 bits per heavy atom. The van der Waals surface area contributed by atoms with Crippen LogP contribution < -0.4 is 5.56 Å². The van der Waals surface area contributed by atoms with Crippen molar-refractivity contribution in [1.82, 2.24) is 14.3 Å². The van der Waals surface area contributed by atoms with E-state index in [0.717, 1.165) is 18.9 Å². The molecular weight excluding hydrogens is 397 g/mol. The molecule has 1 unspecified atom stereocenters.